The van der Waals surface area contributed by atoms with Crippen molar-refractivity contribution in [3.05, 3.63) is 23.4 Å². The lowest BCUT2D eigenvalue weighted by molar-refractivity contribution is 0.0783. The summed E-state index contributed by atoms with van der Waals surface area (Å²) in [6, 6.07) is 3.90. The number of rotatable bonds is 2. The number of aromatic nitrogens is 1. The predicted octanol–water partition coefficient (Wildman–Crippen LogP) is 0.748. The minimum absolute atomic E-state index is 0.0524. The largest absolute Gasteiger partial charge is 0.384 e. The molecule has 1 atom stereocenters. The summed E-state index contributed by atoms with van der Waals surface area (Å²) in [6.07, 6.45) is 1.03. The van der Waals surface area contributed by atoms with Gasteiger partial charge in [0.25, 0.3) is 5.91 Å². The lowest BCUT2D eigenvalue weighted by Gasteiger charge is -2.20. The van der Waals surface area contributed by atoms with Gasteiger partial charge in [-0.15, -0.1) is 0 Å². The van der Waals surface area contributed by atoms with Gasteiger partial charge in [-0.2, -0.15) is 0 Å². The van der Waals surface area contributed by atoms with Crippen LogP contribution in [0.2, 0.25) is 0 Å². The number of nitrogen functional groups attached to an aromatic ring is 1. The van der Waals surface area contributed by atoms with Gasteiger partial charge in [0.15, 0.2) is 0 Å². The summed E-state index contributed by atoms with van der Waals surface area (Å²) in [5.41, 5.74) is 7.10. The van der Waals surface area contributed by atoms with E-state index in [9.17, 15) is 4.79 Å². The van der Waals surface area contributed by atoms with E-state index >= 15 is 0 Å². The summed E-state index contributed by atoms with van der Waals surface area (Å²) < 4.78 is 0. The number of pyridine rings is 1. The van der Waals surface area contributed by atoms with Crippen LogP contribution >= 0.6 is 0 Å². The van der Waals surface area contributed by atoms with E-state index in [0.29, 0.717) is 17.4 Å². The van der Waals surface area contributed by atoms with Gasteiger partial charge in [-0.1, -0.05) is 0 Å². The van der Waals surface area contributed by atoms with Crippen LogP contribution in [-0.2, 0) is 0 Å². The molecule has 0 aromatic carbocycles. The maximum absolute atomic E-state index is 12.3. The molecule has 0 bridgehead atoms. The van der Waals surface area contributed by atoms with Crippen LogP contribution in [0.3, 0.4) is 0 Å². The Balaban J connectivity index is 2.12. The highest BCUT2D eigenvalue weighted by Gasteiger charge is 2.28. The lowest BCUT2D eigenvalue weighted by Crippen LogP contribution is -2.34. The zero-order valence-corrected chi connectivity index (χ0v) is 11.2. The molecule has 2 heterocycles. The molecule has 5 nitrogen and oxygen atoms in total. The number of carbonyl (C=O) groups excluding carboxylic acids is 1. The Bertz CT molecular complexity index is 438. The van der Waals surface area contributed by atoms with Crippen LogP contribution < -0.4 is 5.73 Å². The molecule has 1 amide bonds. The van der Waals surface area contributed by atoms with E-state index < -0.39 is 0 Å². The van der Waals surface area contributed by atoms with E-state index in [1.165, 1.54) is 0 Å². The zero-order chi connectivity index (χ0) is 13.3. The molecule has 0 spiro atoms. The van der Waals surface area contributed by atoms with Crippen molar-refractivity contribution in [2.75, 3.05) is 32.9 Å². The number of likely N-dealkylation sites (N-methyl/N-ethyl adjacent to an activating group) is 1. The van der Waals surface area contributed by atoms with E-state index in [1.54, 1.807) is 12.1 Å². The Morgan fingerprint density at radius 3 is 2.78 bits per heavy atom. The van der Waals surface area contributed by atoms with Gasteiger partial charge in [0.2, 0.25) is 0 Å². The summed E-state index contributed by atoms with van der Waals surface area (Å²) in [5.74, 6) is 0.457. The molecule has 2 rings (SSSR count). The monoisotopic (exact) mass is 248 g/mol. The van der Waals surface area contributed by atoms with Gasteiger partial charge < -0.3 is 15.5 Å². The fourth-order valence-electron chi connectivity index (χ4n) is 2.35. The summed E-state index contributed by atoms with van der Waals surface area (Å²) in [6.45, 7) is 3.44. The van der Waals surface area contributed by atoms with Crippen LogP contribution in [0.4, 0.5) is 5.82 Å². The number of nitrogens with zero attached hydrogens (tertiary/aromatic N) is 3. The van der Waals surface area contributed by atoms with Crippen molar-refractivity contribution < 1.29 is 4.79 Å². The normalized spacial score (nSPS) is 19.6. The van der Waals surface area contributed by atoms with Crippen LogP contribution in [0, 0.1) is 6.92 Å². The first-order valence-corrected chi connectivity index (χ1v) is 6.17. The molecular weight excluding hydrogens is 228 g/mol. The molecule has 1 aromatic heterocycles. The number of hydrogen-bond acceptors (Lipinski definition) is 4. The van der Waals surface area contributed by atoms with E-state index in [2.05, 4.69) is 9.88 Å². The summed E-state index contributed by atoms with van der Waals surface area (Å²) in [7, 11) is 4.10. The molecular formula is C13H20N4O. The molecule has 1 unspecified atom stereocenters. The second kappa shape index (κ2) is 4.94. The third-order valence-corrected chi connectivity index (χ3v) is 3.40. The van der Waals surface area contributed by atoms with Crippen molar-refractivity contribution in [3.8, 4) is 0 Å². The molecule has 5 heteroatoms. The maximum Gasteiger partial charge on any atom is 0.254 e. The molecule has 2 N–H and O–H groups in total. The molecule has 0 saturated carbocycles. The fourth-order valence-corrected chi connectivity index (χ4v) is 2.35. The van der Waals surface area contributed by atoms with Gasteiger partial charge in [0.1, 0.15) is 5.82 Å². The van der Waals surface area contributed by atoms with Crippen molar-refractivity contribution in [1.29, 1.82) is 0 Å². The Kier molecular flexibility index (Phi) is 3.52. The Morgan fingerprint density at radius 1 is 1.50 bits per heavy atom. The average Bonchev–Trinajstić information content (AvgIpc) is 2.75. The summed E-state index contributed by atoms with van der Waals surface area (Å²) in [5, 5.41) is 0. The number of hydrogen-bond donors (Lipinski definition) is 1. The number of anilines is 1. The number of amides is 1. The van der Waals surface area contributed by atoms with Gasteiger partial charge in [-0.3, -0.25) is 4.79 Å². The highest BCUT2D eigenvalue weighted by Crippen LogP contribution is 2.17. The number of carbonyl (C=O) groups is 1. The van der Waals surface area contributed by atoms with Crippen LogP contribution in [0.5, 0.6) is 0 Å². The van der Waals surface area contributed by atoms with Crippen molar-refractivity contribution in [2.45, 2.75) is 19.4 Å². The van der Waals surface area contributed by atoms with Crippen LogP contribution in [0.1, 0.15) is 22.5 Å². The Labute approximate surface area is 108 Å². The molecule has 1 aromatic rings. The second-order valence-corrected chi connectivity index (χ2v) is 5.08. The first kappa shape index (κ1) is 12.8. The molecule has 1 fully saturated rings. The molecule has 0 aliphatic carbocycles. The Hall–Kier alpha value is -1.62. The van der Waals surface area contributed by atoms with E-state index in [1.807, 2.05) is 25.9 Å². The predicted molar refractivity (Wildman–Crippen MR) is 71.4 cm³/mol. The molecule has 98 valence electrons. The average molecular weight is 248 g/mol. The number of likely N-dealkylation sites (tertiary alicyclic amines) is 1. The van der Waals surface area contributed by atoms with Crippen molar-refractivity contribution >= 4 is 11.7 Å². The SMILES string of the molecule is Cc1cc(C(=O)N2CCC(N(C)C)C2)cc(N)n1. The fraction of sp³-hybridized carbons (Fsp3) is 0.538. The van der Waals surface area contributed by atoms with E-state index in [-0.39, 0.29) is 5.91 Å². The van der Waals surface area contributed by atoms with Gasteiger partial charge in [-0.25, -0.2) is 4.98 Å². The third kappa shape index (κ3) is 2.61. The zero-order valence-electron chi connectivity index (χ0n) is 11.2. The molecule has 1 aliphatic heterocycles. The number of nitrogens with two attached hydrogens (primary N) is 1. The standard InChI is InChI=1S/C13H20N4O/c1-9-6-10(7-12(14)15-9)13(18)17-5-4-11(8-17)16(2)3/h6-7,11H,4-5,8H2,1-3H3,(H2,14,15). The lowest BCUT2D eigenvalue weighted by atomic mass is 10.2. The third-order valence-electron chi connectivity index (χ3n) is 3.40. The maximum atomic E-state index is 12.3. The molecule has 18 heavy (non-hydrogen) atoms. The van der Waals surface area contributed by atoms with E-state index in [0.717, 1.165) is 25.2 Å². The quantitative estimate of drug-likeness (QED) is 0.839. The minimum Gasteiger partial charge on any atom is -0.384 e. The Morgan fingerprint density at radius 2 is 2.22 bits per heavy atom. The van der Waals surface area contributed by atoms with Crippen LogP contribution in [0.15, 0.2) is 12.1 Å². The highest BCUT2D eigenvalue weighted by atomic mass is 16.2. The van der Waals surface area contributed by atoms with Gasteiger partial charge >= 0.3 is 0 Å². The van der Waals surface area contributed by atoms with Crippen molar-refractivity contribution in [1.82, 2.24) is 14.8 Å². The van der Waals surface area contributed by atoms with Crippen molar-refractivity contribution in [3.63, 3.8) is 0 Å². The number of aryl methyl sites for hydroxylation is 1. The summed E-state index contributed by atoms with van der Waals surface area (Å²) >= 11 is 0. The first-order chi connectivity index (χ1) is 8.47. The highest BCUT2D eigenvalue weighted by molar-refractivity contribution is 5.95. The van der Waals surface area contributed by atoms with Gasteiger partial charge in [-0.05, 0) is 39.6 Å². The van der Waals surface area contributed by atoms with Crippen LogP contribution in [0.25, 0.3) is 0 Å². The van der Waals surface area contributed by atoms with Crippen molar-refractivity contribution in [2.24, 2.45) is 0 Å². The first-order valence-electron chi connectivity index (χ1n) is 6.17. The molecule has 1 saturated heterocycles. The van der Waals surface area contributed by atoms with E-state index in [4.69, 9.17) is 5.73 Å². The van der Waals surface area contributed by atoms with Gasteiger partial charge in [0.05, 0.1) is 0 Å². The molecule has 1 aliphatic rings. The summed E-state index contributed by atoms with van der Waals surface area (Å²) in [4.78, 5) is 20.5. The topological polar surface area (TPSA) is 62.5 Å². The smallest absolute Gasteiger partial charge is 0.254 e. The minimum atomic E-state index is 0.0524. The van der Waals surface area contributed by atoms with Gasteiger partial charge in [0, 0.05) is 30.4 Å². The van der Waals surface area contributed by atoms with Crippen LogP contribution in [-0.4, -0.2) is 53.9 Å². The molecule has 0 radical (unpaired) electrons. The second-order valence-electron chi connectivity index (χ2n) is 5.08.